The zero-order chi connectivity index (χ0) is 18.3. The molecule has 1 aromatic carbocycles. The van der Waals surface area contributed by atoms with Gasteiger partial charge in [-0.25, -0.2) is 4.98 Å². The predicted octanol–water partition coefficient (Wildman–Crippen LogP) is 3.79. The fraction of sp³-hybridized carbons (Fsp3) is 0.526. The molecule has 2 aliphatic rings. The normalized spacial score (nSPS) is 19.2. The summed E-state index contributed by atoms with van der Waals surface area (Å²) in [6.07, 6.45) is -1.81. The Kier molecular flexibility index (Phi) is 4.42. The molecule has 0 atom stereocenters. The minimum absolute atomic E-state index is 0.0768. The largest absolute Gasteiger partial charge is 0.497 e. The number of piperazine rings is 1. The van der Waals surface area contributed by atoms with Crippen LogP contribution in [0.4, 0.5) is 19.0 Å². The highest BCUT2D eigenvalue weighted by molar-refractivity contribution is 5.86. The van der Waals surface area contributed by atoms with E-state index in [0.717, 1.165) is 25.6 Å². The van der Waals surface area contributed by atoms with Crippen LogP contribution in [0.25, 0.3) is 10.9 Å². The lowest BCUT2D eigenvalue weighted by atomic mass is 10.1. The van der Waals surface area contributed by atoms with E-state index in [-0.39, 0.29) is 5.39 Å². The first kappa shape index (κ1) is 17.4. The van der Waals surface area contributed by atoms with Gasteiger partial charge in [-0.2, -0.15) is 13.2 Å². The fourth-order valence-corrected chi connectivity index (χ4v) is 3.54. The van der Waals surface area contributed by atoms with Gasteiger partial charge in [0.05, 0.1) is 18.2 Å². The second-order valence-electron chi connectivity index (χ2n) is 7.14. The number of pyridine rings is 1. The molecule has 1 aliphatic heterocycles. The van der Waals surface area contributed by atoms with Crippen molar-refractivity contribution in [3.8, 4) is 5.75 Å². The molecule has 0 bridgehead atoms. The Labute approximate surface area is 150 Å². The van der Waals surface area contributed by atoms with Gasteiger partial charge >= 0.3 is 6.18 Å². The van der Waals surface area contributed by atoms with Crippen molar-refractivity contribution >= 4 is 16.7 Å². The molecular formula is C19H22F3N3O. The van der Waals surface area contributed by atoms with E-state index >= 15 is 0 Å². The van der Waals surface area contributed by atoms with E-state index in [1.165, 1.54) is 32.1 Å². The molecular weight excluding hydrogens is 343 g/mol. The number of alkyl halides is 3. The van der Waals surface area contributed by atoms with Crippen molar-refractivity contribution in [1.29, 1.82) is 0 Å². The molecule has 0 N–H and O–H groups in total. The smallest absolute Gasteiger partial charge is 0.417 e. The van der Waals surface area contributed by atoms with E-state index in [0.29, 0.717) is 30.2 Å². The number of hydrogen-bond donors (Lipinski definition) is 0. The van der Waals surface area contributed by atoms with Crippen LogP contribution in [0.15, 0.2) is 24.3 Å². The average molecular weight is 365 g/mol. The molecule has 1 saturated carbocycles. The van der Waals surface area contributed by atoms with Crippen LogP contribution in [0.5, 0.6) is 5.75 Å². The summed E-state index contributed by atoms with van der Waals surface area (Å²) in [6, 6.07) is 5.82. The quantitative estimate of drug-likeness (QED) is 0.824. The van der Waals surface area contributed by atoms with Crippen LogP contribution in [0.3, 0.4) is 0 Å². The number of halogens is 3. The number of benzene rings is 1. The summed E-state index contributed by atoms with van der Waals surface area (Å²) < 4.78 is 45.9. The first-order valence-corrected chi connectivity index (χ1v) is 8.97. The number of fused-ring (bicyclic) bond motifs is 1. The summed E-state index contributed by atoms with van der Waals surface area (Å²) in [5.74, 6) is 1.62. The summed E-state index contributed by atoms with van der Waals surface area (Å²) >= 11 is 0. The molecule has 0 spiro atoms. The number of hydrogen-bond acceptors (Lipinski definition) is 4. The first-order valence-electron chi connectivity index (χ1n) is 8.97. The fourth-order valence-electron chi connectivity index (χ4n) is 3.54. The molecule has 0 amide bonds. The zero-order valence-corrected chi connectivity index (χ0v) is 14.7. The summed E-state index contributed by atoms with van der Waals surface area (Å²) in [7, 11) is 1.44. The van der Waals surface area contributed by atoms with E-state index in [4.69, 9.17) is 4.74 Å². The summed E-state index contributed by atoms with van der Waals surface area (Å²) in [4.78, 5) is 8.87. The Balaban J connectivity index is 1.63. The Morgan fingerprint density at radius 3 is 2.46 bits per heavy atom. The lowest BCUT2D eigenvalue weighted by Gasteiger charge is -2.35. The van der Waals surface area contributed by atoms with Crippen molar-refractivity contribution in [2.24, 2.45) is 5.92 Å². The highest BCUT2D eigenvalue weighted by Gasteiger charge is 2.34. The van der Waals surface area contributed by atoms with E-state index in [1.54, 1.807) is 12.1 Å². The Morgan fingerprint density at radius 2 is 1.85 bits per heavy atom. The van der Waals surface area contributed by atoms with Crippen LogP contribution >= 0.6 is 0 Å². The van der Waals surface area contributed by atoms with E-state index in [2.05, 4.69) is 9.88 Å². The van der Waals surface area contributed by atoms with Crippen LogP contribution in [0, 0.1) is 5.92 Å². The molecule has 0 unspecified atom stereocenters. The van der Waals surface area contributed by atoms with Gasteiger partial charge in [0.2, 0.25) is 0 Å². The van der Waals surface area contributed by atoms with Gasteiger partial charge in [0, 0.05) is 38.1 Å². The lowest BCUT2D eigenvalue weighted by Crippen LogP contribution is -2.47. The van der Waals surface area contributed by atoms with Crippen molar-refractivity contribution in [3.05, 3.63) is 29.8 Å². The van der Waals surface area contributed by atoms with Crippen molar-refractivity contribution in [2.45, 2.75) is 19.0 Å². The van der Waals surface area contributed by atoms with Gasteiger partial charge in [0.15, 0.2) is 0 Å². The van der Waals surface area contributed by atoms with Gasteiger partial charge < -0.3 is 9.64 Å². The summed E-state index contributed by atoms with van der Waals surface area (Å²) in [5, 5.41) is 0.0768. The maximum atomic E-state index is 13.6. The molecule has 1 saturated heterocycles. The molecule has 4 rings (SSSR count). The standard InChI is InChI=1S/C19H22F3N3O/c1-26-14-4-5-17-15(10-14)16(19(20,21)22)11-18(23-17)25-8-6-24(7-9-25)12-13-2-3-13/h4-5,10-11,13H,2-3,6-9,12H2,1H3. The van der Waals surface area contributed by atoms with Gasteiger partial charge in [-0.1, -0.05) is 0 Å². The van der Waals surface area contributed by atoms with Crippen molar-refractivity contribution in [2.75, 3.05) is 44.7 Å². The maximum Gasteiger partial charge on any atom is 0.417 e. The SMILES string of the molecule is COc1ccc2nc(N3CCN(CC4CC4)CC3)cc(C(F)(F)F)c2c1. The van der Waals surface area contributed by atoms with Gasteiger partial charge in [0.1, 0.15) is 11.6 Å². The van der Waals surface area contributed by atoms with E-state index in [9.17, 15) is 13.2 Å². The molecule has 140 valence electrons. The van der Waals surface area contributed by atoms with Crippen molar-refractivity contribution in [1.82, 2.24) is 9.88 Å². The Hall–Kier alpha value is -2.02. The second kappa shape index (κ2) is 6.61. The topological polar surface area (TPSA) is 28.6 Å². The molecule has 2 aromatic rings. The van der Waals surface area contributed by atoms with Gasteiger partial charge in [0.25, 0.3) is 0 Å². The zero-order valence-electron chi connectivity index (χ0n) is 14.7. The van der Waals surface area contributed by atoms with E-state index < -0.39 is 11.7 Å². The van der Waals surface area contributed by atoms with E-state index in [1.807, 2.05) is 4.90 Å². The van der Waals surface area contributed by atoms with Crippen molar-refractivity contribution in [3.63, 3.8) is 0 Å². The summed E-state index contributed by atoms with van der Waals surface area (Å²) in [6.45, 7) is 4.28. The monoisotopic (exact) mass is 365 g/mol. The highest BCUT2D eigenvalue weighted by Crippen LogP contribution is 2.38. The Bertz CT molecular complexity index is 796. The minimum atomic E-state index is -4.43. The predicted molar refractivity (Wildman–Crippen MR) is 94.7 cm³/mol. The number of anilines is 1. The van der Waals surface area contributed by atoms with Crippen molar-refractivity contribution < 1.29 is 17.9 Å². The molecule has 4 nitrogen and oxygen atoms in total. The average Bonchev–Trinajstić information content (AvgIpc) is 3.44. The molecule has 7 heteroatoms. The maximum absolute atomic E-state index is 13.6. The highest BCUT2D eigenvalue weighted by atomic mass is 19.4. The number of ether oxygens (including phenoxy) is 1. The Morgan fingerprint density at radius 1 is 1.12 bits per heavy atom. The summed E-state index contributed by atoms with van der Waals surface area (Å²) in [5.41, 5.74) is -0.312. The van der Waals surface area contributed by atoms with Crippen LogP contribution in [-0.4, -0.2) is 49.7 Å². The molecule has 2 heterocycles. The van der Waals surface area contributed by atoms with Gasteiger partial charge in [-0.3, -0.25) is 4.90 Å². The second-order valence-corrected chi connectivity index (χ2v) is 7.14. The number of aromatic nitrogens is 1. The minimum Gasteiger partial charge on any atom is -0.497 e. The van der Waals surface area contributed by atoms with Crippen LogP contribution in [-0.2, 0) is 6.18 Å². The first-order chi connectivity index (χ1) is 12.4. The lowest BCUT2D eigenvalue weighted by molar-refractivity contribution is -0.136. The van der Waals surface area contributed by atoms with Crippen LogP contribution < -0.4 is 9.64 Å². The van der Waals surface area contributed by atoms with Gasteiger partial charge in [-0.15, -0.1) is 0 Å². The molecule has 1 aliphatic carbocycles. The number of rotatable bonds is 4. The number of nitrogens with zero attached hydrogens (tertiary/aromatic N) is 3. The molecule has 26 heavy (non-hydrogen) atoms. The third-order valence-corrected chi connectivity index (χ3v) is 5.22. The third kappa shape index (κ3) is 3.58. The van der Waals surface area contributed by atoms with Gasteiger partial charge in [-0.05, 0) is 43.0 Å². The van der Waals surface area contributed by atoms with Crippen LogP contribution in [0.2, 0.25) is 0 Å². The van der Waals surface area contributed by atoms with Crippen LogP contribution in [0.1, 0.15) is 18.4 Å². The number of methoxy groups -OCH3 is 1. The molecule has 2 fully saturated rings. The molecule has 0 radical (unpaired) electrons. The third-order valence-electron chi connectivity index (χ3n) is 5.22. The molecule has 1 aromatic heterocycles.